The van der Waals surface area contributed by atoms with Gasteiger partial charge in [0.15, 0.2) is 5.76 Å². The Morgan fingerprint density at radius 2 is 2.06 bits per heavy atom. The van der Waals surface area contributed by atoms with E-state index in [1.54, 1.807) is 0 Å². The van der Waals surface area contributed by atoms with Crippen LogP contribution in [0, 0.1) is 0 Å². The molecule has 0 saturated heterocycles. The molecule has 1 saturated carbocycles. The van der Waals surface area contributed by atoms with Crippen molar-refractivity contribution in [3.8, 4) is 11.3 Å². The largest absolute Gasteiger partial charge is 0.465 e. The molecule has 2 aromatic rings. The van der Waals surface area contributed by atoms with Crippen LogP contribution in [0.15, 0.2) is 34.9 Å². The lowest BCUT2D eigenvalue weighted by Crippen LogP contribution is -2.04. The Morgan fingerprint density at radius 1 is 1.33 bits per heavy atom. The lowest BCUT2D eigenvalue weighted by molar-refractivity contribution is 0.0599. The fourth-order valence-electron chi connectivity index (χ4n) is 2.02. The van der Waals surface area contributed by atoms with Crippen molar-refractivity contribution < 1.29 is 14.1 Å². The van der Waals surface area contributed by atoms with Gasteiger partial charge in [-0.05, 0) is 12.8 Å². The average Bonchev–Trinajstić information content (AvgIpc) is 3.17. The second-order valence-corrected chi connectivity index (χ2v) is 4.40. The highest BCUT2D eigenvalue weighted by atomic mass is 16.5. The number of hydrogen-bond donors (Lipinski definition) is 0. The van der Waals surface area contributed by atoms with Crippen LogP contribution >= 0.6 is 0 Å². The highest BCUT2D eigenvalue weighted by Crippen LogP contribution is 2.44. The van der Waals surface area contributed by atoms with Crippen molar-refractivity contribution >= 4 is 5.97 Å². The summed E-state index contributed by atoms with van der Waals surface area (Å²) in [6.07, 6.45) is 2.10. The van der Waals surface area contributed by atoms with E-state index in [4.69, 9.17) is 9.26 Å². The van der Waals surface area contributed by atoms with Crippen LogP contribution in [0.3, 0.4) is 0 Å². The molecule has 0 radical (unpaired) electrons. The second kappa shape index (κ2) is 4.29. The summed E-state index contributed by atoms with van der Waals surface area (Å²) in [6, 6.07) is 9.54. The first-order valence-corrected chi connectivity index (χ1v) is 5.94. The molecular weight excluding hydrogens is 230 g/mol. The first kappa shape index (κ1) is 11.0. The van der Waals surface area contributed by atoms with Crippen molar-refractivity contribution in [1.82, 2.24) is 5.16 Å². The Labute approximate surface area is 105 Å². The summed E-state index contributed by atoms with van der Waals surface area (Å²) in [5.74, 6) is 0.613. The Morgan fingerprint density at radius 3 is 2.67 bits per heavy atom. The van der Waals surface area contributed by atoms with Gasteiger partial charge in [0.05, 0.1) is 7.11 Å². The minimum atomic E-state index is -0.378. The number of aromatic nitrogens is 1. The fraction of sp³-hybridized carbons (Fsp3) is 0.286. The highest BCUT2D eigenvalue weighted by molar-refractivity contribution is 5.97. The highest BCUT2D eigenvalue weighted by Gasteiger charge is 2.35. The maximum absolute atomic E-state index is 11.9. The van der Waals surface area contributed by atoms with Crippen molar-refractivity contribution in [2.75, 3.05) is 7.11 Å². The third kappa shape index (κ3) is 1.79. The summed E-state index contributed by atoms with van der Waals surface area (Å²) in [5.41, 5.74) is 1.92. The number of nitrogens with zero attached hydrogens (tertiary/aromatic N) is 1. The minimum Gasteiger partial charge on any atom is -0.465 e. The molecule has 4 nitrogen and oxygen atoms in total. The van der Waals surface area contributed by atoms with Crippen molar-refractivity contribution in [1.29, 1.82) is 0 Å². The fourth-order valence-corrected chi connectivity index (χ4v) is 2.02. The zero-order valence-corrected chi connectivity index (χ0v) is 10.1. The van der Waals surface area contributed by atoms with E-state index in [9.17, 15) is 4.79 Å². The summed E-state index contributed by atoms with van der Waals surface area (Å²) < 4.78 is 10.2. The molecule has 92 valence electrons. The molecule has 0 aliphatic heterocycles. The molecule has 1 aliphatic carbocycles. The molecular formula is C14H13NO3. The quantitative estimate of drug-likeness (QED) is 0.777. The lowest BCUT2D eigenvalue weighted by atomic mass is 10.0. The van der Waals surface area contributed by atoms with E-state index >= 15 is 0 Å². The summed E-state index contributed by atoms with van der Waals surface area (Å²) in [7, 11) is 1.38. The van der Waals surface area contributed by atoms with Gasteiger partial charge in [-0.3, -0.25) is 0 Å². The molecule has 1 aromatic carbocycles. The van der Waals surface area contributed by atoms with Crippen molar-refractivity contribution in [2.45, 2.75) is 18.8 Å². The smallest absolute Gasteiger partial charge is 0.343 e. The van der Waals surface area contributed by atoms with Crippen molar-refractivity contribution in [3.63, 3.8) is 0 Å². The Kier molecular flexibility index (Phi) is 2.63. The molecule has 0 spiro atoms. The van der Waals surface area contributed by atoms with Gasteiger partial charge in [0.25, 0.3) is 0 Å². The summed E-state index contributed by atoms with van der Waals surface area (Å²) in [4.78, 5) is 11.9. The SMILES string of the molecule is COC(=O)c1c(-c2ccccc2)noc1C1CC1. The molecule has 0 unspecified atom stereocenters. The normalized spacial score (nSPS) is 14.5. The Bertz CT molecular complexity index is 570. The summed E-state index contributed by atoms with van der Waals surface area (Å²) >= 11 is 0. The van der Waals surface area contributed by atoms with Gasteiger partial charge in [-0.25, -0.2) is 4.79 Å². The van der Waals surface area contributed by atoms with Crippen LogP contribution in [0.1, 0.15) is 34.9 Å². The number of ether oxygens (including phenoxy) is 1. The molecule has 1 aliphatic rings. The van der Waals surface area contributed by atoms with E-state index in [0.717, 1.165) is 18.4 Å². The molecule has 0 bridgehead atoms. The van der Waals surface area contributed by atoms with Crippen LogP contribution in [0.5, 0.6) is 0 Å². The number of methoxy groups -OCH3 is 1. The Balaban J connectivity index is 2.12. The predicted molar refractivity (Wildman–Crippen MR) is 65.3 cm³/mol. The molecule has 0 atom stereocenters. The molecule has 0 amide bonds. The number of esters is 1. The number of rotatable bonds is 3. The third-order valence-electron chi connectivity index (χ3n) is 3.10. The van der Waals surface area contributed by atoms with E-state index in [1.165, 1.54) is 7.11 Å². The van der Waals surface area contributed by atoms with Gasteiger partial charge >= 0.3 is 5.97 Å². The summed E-state index contributed by atoms with van der Waals surface area (Å²) in [6.45, 7) is 0. The van der Waals surface area contributed by atoms with Gasteiger partial charge < -0.3 is 9.26 Å². The lowest BCUT2D eigenvalue weighted by Gasteiger charge is -2.01. The number of hydrogen-bond acceptors (Lipinski definition) is 4. The summed E-state index contributed by atoms with van der Waals surface area (Å²) in [5, 5.41) is 4.04. The van der Waals surface area contributed by atoms with Crippen LogP contribution in [-0.2, 0) is 4.74 Å². The van der Waals surface area contributed by atoms with E-state index in [-0.39, 0.29) is 5.97 Å². The topological polar surface area (TPSA) is 52.3 Å². The van der Waals surface area contributed by atoms with E-state index in [1.807, 2.05) is 30.3 Å². The van der Waals surface area contributed by atoms with Crippen LogP contribution in [0.4, 0.5) is 0 Å². The number of carbonyl (C=O) groups excluding carboxylic acids is 1. The van der Waals surface area contributed by atoms with Gasteiger partial charge in [0, 0.05) is 11.5 Å². The third-order valence-corrected chi connectivity index (χ3v) is 3.10. The van der Waals surface area contributed by atoms with Gasteiger partial charge in [-0.15, -0.1) is 0 Å². The van der Waals surface area contributed by atoms with E-state index in [0.29, 0.717) is 22.9 Å². The first-order chi connectivity index (χ1) is 8.81. The zero-order chi connectivity index (χ0) is 12.5. The Hall–Kier alpha value is -2.10. The molecule has 1 heterocycles. The van der Waals surface area contributed by atoms with Crippen molar-refractivity contribution in [2.24, 2.45) is 0 Å². The molecule has 3 rings (SSSR count). The van der Waals surface area contributed by atoms with Gasteiger partial charge in [-0.1, -0.05) is 35.5 Å². The predicted octanol–water partition coefficient (Wildman–Crippen LogP) is 3.01. The van der Waals surface area contributed by atoms with Gasteiger partial charge in [0.1, 0.15) is 11.3 Å². The van der Waals surface area contributed by atoms with E-state index < -0.39 is 0 Å². The number of benzene rings is 1. The van der Waals surface area contributed by atoms with Crippen LogP contribution in [0.25, 0.3) is 11.3 Å². The monoisotopic (exact) mass is 243 g/mol. The van der Waals surface area contributed by atoms with Crippen molar-refractivity contribution in [3.05, 3.63) is 41.7 Å². The average molecular weight is 243 g/mol. The molecule has 4 heteroatoms. The standard InChI is InChI=1S/C14H13NO3/c1-17-14(16)11-12(9-5-3-2-4-6-9)15-18-13(11)10-7-8-10/h2-6,10H,7-8H2,1H3. The van der Waals surface area contributed by atoms with E-state index in [2.05, 4.69) is 5.16 Å². The first-order valence-electron chi connectivity index (χ1n) is 5.94. The molecule has 1 aromatic heterocycles. The van der Waals surface area contributed by atoms with Crippen LogP contribution in [-0.4, -0.2) is 18.2 Å². The van der Waals surface area contributed by atoms with Gasteiger partial charge in [-0.2, -0.15) is 0 Å². The second-order valence-electron chi connectivity index (χ2n) is 4.40. The van der Waals surface area contributed by atoms with Crippen LogP contribution in [0.2, 0.25) is 0 Å². The maximum Gasteiger partial charge on any atom is 0.343 e. The van der Waals surface area contributed by atoms with Crippen LogP contribution < -0.4 is 0 Å². The minimum absolute atomic E-state index is 0.323. The molecule has 0 N–H and O–H groups in total. The van der Waals surface area contributed by atoms with Gasteiger partial charge in [0.2, 0.25) is 0 Å². The number of carbonyl (C=O) groups is 1. The molecule has 1 fully saturated rings. The molecule has 18 heavy (non-hydrogen) atoms. The maximum atomic E-state index is 11.9. The zero-order valence-electron chi connectivity index (χ0n) is 10.1.